The number of fused-ring (bicyclic) bond motifs is 1. The smallest absolute Gasteiger partial charge is 0.334 e. The van der Waals surface area contributed by atoms with Crippen molar-refractivity contribution >= 4 is 14.0 Å². The second-order valence-electron chi connectivity index (χ2n) is 5.80. The number of carbonyl (C=O) groups excluding carboxylic acids is 1. The largest absolute Gasteiger partial charge is 0.458 e. The zero-order valence-electron chi connectivity index (χ0n) is 9.88. The summed E-state index contributed by atoms with van der Waals surface area (Å²) in [4.78, 5) is 11.8. The summed E-state index contributed by atoms with van der Waals surface area (Å²) < 4.78 is 5.44. The summed E-state index contributed by atoms with van der Waals surface area (Å²) in [7, 11) is -1.30. The van der Waals surface area contributed by atoms with Gasteiger partial charge in [-0.2, -0.15) is 0 Å². The molecule has 2 fully saturated rings. The van der Waals surface area contributed by atoms with Gasteiger partial charge in [-0.25, -0.2) is 4.79 Å². The highest BCUT2D eigenvalue weighted by Gasteiger charge is 2.41. The van der Waals surface area contributed by atoms with Crippen molar-refractivity contribution in [2.24, 2.45) is 5.92 Å². The molecular weight excluding hydrogens is 204 g/mol. The molecule has 1 saturated carbocycles. The van der Waals surface area contributed by atoms with Gasteiger partial charge >= 0.3 is 5.97 Å². The predicted octanol–water partition coefficient (Wildman–Crippen LogP) is 2.91. The Hall–Kier alpha value is -0.573. The van der Waals surface area contributed by atoms with E-state index in [1.807, 2.05) is 0 Å². The van der Waals surface area contributed by atoms with Crippen LogP contribution in [-0.4, -0.2) is 20.1 Å². The first-order valence-corrected chi connectivity index (χ1v) is 9.49. The van der Waals surface area contributed by atoms with E-state index >= 15 is 0 Å². The lowest BCUT2D eigenvalue weighted by Gasteiger charge is -2.23. The SMILES string of the molecule is C[Si](C)(C)/C=C1\C(=O)O[C@@H]2CCCC[C@@H]12. The van der Waals surface area contributed by atoms with Crippen molar-refractivity contribution in [1.29, 1.82) is 0 Å². The van der Waals surface area contributed by atoms with Crippen molar-refractivity contribution in [3.63, 3.8) is 0 Å². The van der Waals surface area contributed by atoms with Crippen LogP contribution in [0.25, 0.3) is 0 Å². The maximum atomic E-state index is 11.8. The molecule has 0 radical (unpaired) electrons. The van der Waals surface area contributed by atoms with Gasteiger partial charge in [0.25, 0.3) is 0 Å². The van der Waals surface area contributed by atoms with Gasteiger partial charge in [0, 0.05) is 11.5 Å². The third-order valence-electron chi connectivity index (χ3n) is 3.18. The second kappa shape index (κ2) is 3.78. The van der Waals surface area contributed by atoms with Crippen molar-refractivity contribution in [2.75, 3.05) is 0 Å². The molecule has 0 aromatic rings. The van der Waals surface area contributed by atoms with Crippen molar-refractivity contribution in [2.45, 2.75) is 51.4 Å². The van der Waals surface area contributed by atoms with Gasteiger partial charge in [0.1, 0.15) is 6.10 Å². The molecule has 1 aliphatic heterocycles. The van der Waals surface area contributed by atoms with Gasteiger partial charge < -0.3 is 4.74 Å². The van der Waals surface area contributed by atoms with Gasteiger partial charge in [-0.15, -0.1) is 0 Å². The molecule has 15 heavy (non-hydrogen) atoms. The van der Waals surface area contributed by atoms with Crippen LogP contribution < -0.4 is 0 Å². The molecular formula is C12H20O2Si. The standard InChI is InChI=1S/C12H20O2Si/c1-15(2,3)8-10-9-6-4-5-7-11(9)14-12(10)13/h8-9,11H,4-7H2,1-3H3/b10-8-/t9-,11+/m0/s1. The molecule has 0 spiro atoms. The summed E-state index contributed by atoms with van der Waals surface area (Å²) in [5.74, 6) is 0.382. The Balaban J connectivity index is 2.24. The monoisotopic (exact) mass is 224 g/mol. The first-order valence-electron chi connectivity index (χ1n) is 5.91. The van der Waals surface area contributed by atoms with E-state index in [9.17, 15) is 4.79 Å². The highest BCUT2D eigenvalue weighted by atomic mass is 28.3. The van der Waals surface area contributed by atoms with Crippen molar-refractivity contribution in [3.05, 3.63) is 11.3 Å². The van der Waals surface area contributed by atoms with Crippen LogP contribution in [-0.2, 0) is 9.53 Å². The number of hydrogen-bond acceptors (Lipinski definition) is 2. The molecule has 2 nitrogen and oxygen atoms in total. The number of rotatable bonds is 1. The number of ether oxygens (including phenoxy) is 1. The fraction of sp³-hybridized carbons (Fsp3) is 0.750. The van der Waals surface area contributed by atoms with Crippen molar-refractivity contribution in [3.8, 4) is 0 Å². The highest BCUT2D eigenvalue weighted by molar-refractivity contribution is 6.81. The van der Waals surface area contributed by atoms with E-state index in [0.717, 1.165) is 18.4 Å². The normalized spacial score (nSPS) is 34.1. The minimum Gasteiger partial charge on any atom is -0.458 e. The third kappa shape index (κ3) is 2.33. The molecule has 0 bridgehead atoms. The fourth-order valence-electron chi connectivity index (χ4n) is 2.58. The minimum absolute atomic E-state index is 0.0330. The second-order valence-corrected chi connectivity index (χ2v) is 10.8. The Morgan fingerprint density at radius 3 is 2.60 bits per heavy atom. The average molecular weight is 224 g/mol. The van der Waals surface area contributed by atoms with Crippen LogP contribution in [0.4, 0.5) is 0 Å². The van der Waals surface area contributed by atoms with Gasteiger partial charge in [-0.3, -0.25) is 0 Å². The lowest BCUT2D eigenvalue weighted by atomic mass is 9.84. The predicted molar refractivity (Wildman–Crippen MR) is 63.3 cm³/mol. The first-order chi connectivity index (χ1) is 6.97. The molecule has 0 N–H and O–H groups in total. The highest BCUT2D eigenvalue weighted by Crippen LogP contribution is 2.39. The molecule has 1 heterocycles. The van der Waals surface area contributed by atoms with Crippen LogP contribution in [0.2, 0.25) is 19.6 Å². The summed E-state index contributed by atoms with van der Waals surface area (Å²) >= 11 is 0. The van der Waals surface area contributed by atoms with Gasteiger partial charge in [-0.05, 0) is 19.3 Å². The third-order valence-corrected chi connectivity index (χ3v) is 4.36. The molecule has 2 rings (SSSR count). The average Bonchev–Trinajstić information content (AvgIpc) is 2.41. The Labute approximate surface area is 92.7 Å². The van der Waals surface area contributed by atoms with Gasteiger partial charge in [0.2, 0.25) is 0 Å². The number of hydrogen-bond donors (Lipinski definition) is 0. The molecule has 2 aliphatic rings. The van der Waals surface area contributed by atoms with Crippen molar-refractivity contribution in [1.82, 2.24) is 0 Å². The maximum absolute atomic E-state index is 11.8. The summed E-state index contributed by atoms with van der Waals surface area (Å²) in [5.41, 5.74) is 3.24. The van der Waals surface area contributed by atoms with Gasteiger partial charge in [-0.1, -0.05) is 31.8 Å². The van der Waals surface area contributed by atoms with Gasteiger partial charge in [0.05, 0.1) is 8.07 Å². The van der Waals surface area contributed by atoms with E-state index in [1.54, 1.807) is 0 Å². The molecule has 1 aliphatic carbocycles. The number of esters is 1. The molecule has 1 saturated heterocycles. The Morgan fingerprint density at radius 2 is 1.93 bits per heavy atom. The zero-order chi connectivity index (χ0) is 11.1. The molecule has 0 unspecified atom stereocenters. The topological polar surface area (TPSA) is 26.3 Å². The molecule has 84 valence electrons. The summed E-state index contributed by atoms with van der Waals surface area (Å²) in [6.45, 7) is 6.80. The van der Waals surface area contributed by atoms with Crippen LogP contribution in [0.5, 0.6) is 0 Å². The Morgan fingerprint density at radius 1 is 1.27 bits per heavy atom. The van der Waals surface area contributed by atoms with Gasteiger partial charge in [0.15, 0.2) is 0 Å². The van der Waals surface area contributed by atoms with E-state index in [2.05, 4.69) is 25.3 Å². The van der Waals surface area contributed by atoms with E-state index in [-0.39, 0.29) is 12.1 Å². The fourth-order valence-corrected chi connectivity index (χ4v) is 3.85. The lowest BCUT2D eigenvalue weighted by molar-refractivity contribution is -0.139. The van der Waals surface area contributed by atoms with Crippen LogP contribution in [0.3, 0.4) is 0 Å². The summed E-state index contributed by atoms with van der Waals surface area (Å²) in [6, 6.07) is 0. The molecule has 2 atom stereocenters. The molecule has 0 amide bonds. The van der Waals surface area contributed by atoms with Crippen molar-refractivity contribution < 1.29 is 9.53 Å². The number of carbonyl (C=O) groups is 1. The quantitative estimate of drug-likeness (QED) is 0.389. The van der Waals surface area contributed by atoms with Crippen LogP contribution in [0, 0.1) is 5.92 Å². The van der Waals surface area contributed by atoms with E-state index in [0.29, 0.717) is 5.92 Å². The molecule has 0 aromatic heterocycles. The molecule has 0 aromatic carbocycles. The Bertz CT molecular complexity index is 301. The van der Waals surface area contributed by atoms with Crippen LogP contribution in [0.1, 0.15) is 25.7 Å². The molecule has 3 heteroatoms. The Kier molecular flexibility index (Phi) is 2.75. The van der Waals surface area contributed by atoms with E-state index < -0.39 is 8.07 Å². The van der Waals surface area contributed by atoms with E-state index in [1.165, 1.54) is 12.8 Å². The summed E-state index contributed by atoms with van der Waals surface area (Å²) in [5, 5.41) is 0. The van der Waals surface area contributed by atoms with Crippen LogP contribution >= 0.6 is 0 Å². The zero-order valence-corrected chi connectivity index (χ0v) is 10.9. The first kappa shape index (κ1) is 10.9. The maximum Gasteiger partial charge on any atom is 0.334 e. The van der Waals surface area contributed by atoms with Crippen LogP contribution in [0.15, 0.2) is 11.3 Å². The minimum atomic E-state index is -1.30. The van der Waals surface area contributed by atoms with E-state index in [4.69, 9.17) is 4.74 Å². The lowest BCUT2D eigenvalue weighted by Crippen LogP contribution is -2.23. The summed E-state index contributed by atoms with van der Waals surface area (Å²) in [6.07, 6.45) is 4.88.